The van der Waals surface area contributed by atoms with Gasteiger partial charge in [-0.25, -0.2) is 0 Å². The van der Waals surface area contributed by atoms with Crippen LogP contribution in [0, 0.1) is 0 Å². The molecule has 0 heterocycles. The van der Waals surface area contributed by atoms with Crippen molar-refractivity contribution in [2.24, 2.45) is 0 Å². The number of hydrogen-bond acceptors (Lipinski definition) is 4. The van der Waals surface area contributed by atoms with E-state index in [2.05, 4.69) is 0 Å². The molecule has 0 saturated heterocycles. The number of alkyl halides is 12. The van der Waals surface area contributed by atoms with Crippen LogP contribution in [0.15, 0.2) is 0 Å². The number of aliphatic hydroxyl groups is 4. The Morgan fingerprint density at radius 1 is 0.269 bits per heavy atom. The maximum Gasteiger partial charge on any atom is 0.0967 e. The van der Waals surface area contributed by atoms with Crippen molar-refractivity contribution in [3.63, 3.8) is 0 Å². The van der Waals surface area contributed by atoms with Crippen LogP contribution in [0.1, 0.15) is 0 Å². The second kappa shape index (κ2) is 243. The highest BCUT2D eigenvalue weighted by Crippen LogP contribution is 1.74. The third-order valence-electron chi connectivity index (χ3n) is 0. The van der Waals surface area contributed by atoms with Crippen molar-refractivity contribution in [2.75, 3.05) is 60.5 Å². The SMILES string of the molecule is CO.CO.CO.CO.ClCCl.ClCCl.ClCCl.ClCCl.ClCCl.ClCCl. The molecule has 0 unspecified atom stereocenters. The Bertz CT molecular complexity index is 53.5. The zero-order valence-corrected chi connectivity index (χ0v) is 23.6. The van der Waals surface area contributed by atoms with Crippen molar-refractivity contribution in [3.8, 4) is 0 Å². The molecule has 0 rings (SSSR count). The standard InChI is InChI=1S/6CH2Cl2.4CH4O/c6*2-1-3;4*1-2/h6*1H2;4*2H,1H3. The molecule has 4 N–H and O–H groups in total. The Morgan fingerprint density at radius 2 is 0.269 bits per heavy atom. The molecule has 0 bridgehead atoms. The fraction of sp³-hybridized carbons (Fsp3) is 1.00. The molecular weight excluding hydrogens is 610 g/mol. The summed E-state index contributed by atoms with van der Waals surface area (Å²) < 4.78 is 0. The Morgan fingerprint density at radius 3 is 0.269 bits per heavy atom. The van der Waals surface area contributed by atoms with Crippen LogP contribution in [0.25, 0.3) is 0 Å². The zero-order valence-electron chi connectivity index (χ0n) is 14.6. The number of hydrogen-bond donors (Lipinski definition) is 4. The van der Waals surface area contributed by atoms with E-state index < -0.39 is 0 Å². The van der Waals surface area contributed by atoms with Crippen LogP contribution in [-0.4, -0.2) is 80.9 Å². The predicted molar refractivity (Wildman–Crippen MR) is 132 cm³/mol. The van der Waals surface area contributed by atoms with E-state index in [4.69, 9.17) is 160 Å². The van der Waals surface area contributed by atoms with Crippen molar-refractivity contribution in [1.82, 2.24) is 0 Å². The fourth-order valence-electron chi connectivity index (χ4n) is 0. The van der Waals surface area contributed by atoms with Gasteiger partial charge in [0.15, 0.2) is 0 Å². The molecule has 0 aliphatic rings. The molecular formula is C10H28Cl12O4. The van der Waals surface area contributed by atoms with Crippen LogP contribution in [0.3, 0.4) is 0 Å². The monoisotopic (exact) mass is 632 g/mol. The van der Waals surface area contributed by atoms with E-state index in [1.165, 1.54) is 0 Å². The Hall–Kier alpha value is 3.32. The summed E-state index contributed by atoms with van der Waals surface area (Å²) in [5.41, 5.74) is 0. The summed E-state index contributed by atoms with van der Waals surface area (Å²) >= 11 is 57.2. The highest BCUT2D eigenvalue weighted by molar-refractivity contribution is 6.42. The largest absolute Gasteiger partial charge is 0.400 e. The molecule has 0 aliphatic carbocycles. The highest BCUT2D eigenvalue weighted by Gasteiger charge is 1.43. The summed E-state index contributed by atoms with van der Waals surface area (Å²) in [6, 6.07) is 0. The quantitative estimate of drug-likeness (QED) is 0.217. The van der Waals surface area contributed by atoms with Crippen molar-refractivity contribution < 1.29 is 20.4 Å². The molecule has 0 saturated carbocycles. The molecule has 0 aromatic heterocycles. The predicted octanol–water partition coefficient (Wildman–Crippen LogP) is 6.96. The van der Waals surface area contributed by atoms with Crippen molar-refractivity contribution in [1.29, 1.82) is 0 Å². The molecule has 26 heavy (non-hydrogen) atoms. The minimum Gasteiger partial charge on any atom is -0.400 e. The van der Waals surface area contributed by atoms with Crippen molar-refractivity contribution >= 4 is 139 Å². The third kappa shape index (κ3) is 1720. The van der Waals surface area contributed by atoms with Crippen molar-refractivity contribution in [3.05, 3.63) is 0 Å². The molecule has 4 nitrogen and oxygen atoms in total. The van der Waals surface area contributed by atoms with E-state index in [9.17, 15) is 0 Å². The van der Waals surface area contributed by atoms with Crippen LogP contribution in [0.2, 0.25) is 0 Å². The maximum absolute atomic E-state index is 7.00. The molecule has 16 heteroatoms. The van der Waals surface area contributed by atoms with Gasteiger partial charge in [0.1, 0.15) is 0 Å². The summed E-state index contributed by atoms with van der Waals surface area (Å²) in [7, 11) is 4.00. The summed E-state index contributed by atoms with van der Waals surface area (Å²) in [4.78, 5) is 0. The zero-order chi connectivity index (χ0) is 24.2. The van der Waals surface area contributed by atoms with Gasteiger partial charge in [0, 0.05) is 28.4 Å². The molecule has 0 spiro atoms. The first-order chi connectivity index (χ1) is 12.5. The second-order valence-electron chi connectivity index (χ2n) is 0.606. The molecule has 176 valence electrons. The summed E-state index contributed by atoms with van der Waals surface area (Å²) in [5.74, 6) is 0. The molecule has 0 fully saturated rings. The topological polar surface area (TPSA) is 80.9 Å². The third-order valence-corrected chi connectivity index (χ3v) is 0. The second-order valence-corrected chi connectivity index (χ2v) is 5.45. The van der Waals surface area contributed by atoms with Gasteiger partial charge in [-0.3, -0.25) is 0 Å². The van der Waals surface area contributed by atoms with E-state index in [0.29, 0.717) is 0 Å². The van der Waals surface area contributed by atoms with Crippen molar-refractivity contribution in [2.45, 2.75) is 0 Å². The summed E-state index contributed by atoms with van der Waals surface area (Å²) in [6.07, 6.45) is 0. The normalized spacial score (nSPS) is 5.08. The summed E-state index contributed by atoms with van der Waals surface area (Å²) in [5, 5.41) is 29.2. The summed E-state index contributed by atoms with van der Waals surface area (Å²) in [6.45, 7) is 0. The van der Waals surface area contributed by atoms with Gasteiger partial charge in [0.05, 0.1) is 32.0 Å². The van der Waals surface area contributed by atoms with Crippen LogP contribution >= 0.6 is 139 Å². The Labute approximate surface area is 218 Å². The average molecular weight is 638 g/mol. The minimum absolute atomic E-state index is 0.194. The lowest BCUT2D eigenvalue weighted by Gasteiger charge is -1.42. The van der Waals surface area contributed by atoms with Crippen LogP contribution in [0.4, 0.5) is 0 Å². The molecule has 0 aromatic rings. The average Bonchev–Trinajstić information content (AvgIpc) is 2.65. The fourth-order valence-corrected chi connectivity index (χ4v) is 0. The van der Waals surface area contributed by atoms with Gasteiger partial charge in [-0.1, -0.05) is 0 Å². The first-order valence-corrected chi connectivity index (χ1v) is 11.4. The van der Waals surface area contributed by atoms with E-state index >= 15 is 0 Å². The Kier molecular flexibility index (Phi) is 590. The van der Waals surface area contributed by atoms with Gasteiger partial charge >= 0.3 is 0 Å². The highest BCUT2D eigenvalue weighted by atomic mass is 35.5. The number of aliphatic hydroxyl groups excluding tert-OH is 4. The number of halogens is 12. The van der Waals surface area contributed by atoms with Gasteiger partial charge in [0.25, 0.3) is 0 Å². The smallest absolute Gasteiger partial charge is 0.0967 e. The van der Waals surface area contributed by atoms with Crippen LogP contribution in [0.5, 0.6) is 0 Å². The molecule has 0 atom stereocenters. The molecule has 0 aliphatic heterocycles. The van der Waals surface area contributed by atoms with Crippen LogP contribution in [-0.2, 0) is 0 Å². The van der Waals surface area contributed by atoms with E-state index in [1.807, 2.05) is 0 Å². The first kappa shape index (κ1) is 63.0. The molecule has 0 aromatic carbocycles. The van der Waals surface area contributed by atoms with Gasteiger partial charge in [-0.15, -0.1) is 139 Å². The molecule has 0 radical (unpaired) electrons. The first-order valence-electron chi connectivity index (χ1n) is 5.00. The van der Waals surface area contributed by atoms with Gasteiger partial charge in [-0.05, 0) is 0 Å². The maximum atomic E-state index is 7.00. The lowest BCUT2D eigenvalue weighted by Crippen LogP contribution is -1.25. The van der Waals surface area contributed by atoms with Crippen LogP contribution < -0.4 is 0 Å². The minimum atomic E-state index is 0.194. The van der Waals surface area contributed by atoms with Gasteiger partial charge in [0.2, 0.25) is 0 Å². The Balaban J connectivity index is -0.0000000138. The lowest BCUT2D eigenvalue weighted by atomic mass is 11.8. The molecule has 0 amide bonds. The van der Waals surface area contributed by atoms with E-state index in [1.54, 1.807) is 0 Å². The van der Waals surface area contributed by atoms with E-state index in [-0.39, 0.29) is 32.0 Å². The number of rotatable bonds is 0. The lowest BCUT2D eigenvalue weighted by molar-refractivity contribution is 0.399. The van der Waals surface area contributed by atoms with E-state index in [0.717, 1.165) is 28.4 Å². The van der Waals surface area contributed by atoms with Gasteiger partial charge in [-0.2, -0.15) is 0 Å². The van der Waals surface area contributed by atoms with Gasteiger partial charge < -0.3 is 20.4 Å².